The molecule has 4 amide bonds. The molecule has 372 valence electrons. The molecular weight excluding hydrogens is 889 g/mol. The predicted octanol–water partition coefficient (Wildman–Crippen LogP) is 5.15. The van der Waals surface area contributed by atoms with Crippen LogP contribution in [0.4, 0.5) is 0 Å². The van der Waals surface area contributed by atoms with Crippen molar-refractivity contribution >= 4 is 40.5 Å². The lowest BCUT2D eigenvalue weighted by atomic mass is 9.84. The molecule has 1 unspecified atom stereocenters. The Bertz CT molecular complexity index is 2720. The summed E-state index contributed by atoms with van der Waals surface area (Å²) in [5.74, 6) is 2.68. The number of rotatable bonds is 9. The molecule has 2 aromatic heterocycles. The first-order chi connectivity index (χ1) is 33.5. The van der Waals surface area contributed by atoms with Gasteiger partial charge in [-0.05, 0) is 123 Å². The van der Waals surface area contributed by atoms with Gasteiger partial charge in [0.2, 0.25) is 11.8 Å². The summed E-state index contributed by atoms with van der Waals surface area (Å²) in [6.07, 6.45) is 4.28. The monoisotopic (exact) mass is 957 g/mol. The van der Waals surface area contributed by atoms with Gasteiger partial charge in [0.1, 0.15) is 23.9 Å². The fourth-order valence-electron chi connectivity index (χ4n) is 10.5. The molecule has 16 heteroatoms. The standard InChI is InChI=1S/C54H68N8O8/c1-9-61-45-16-14-35-28-41(45)42(49(61)40-12-10-20-56-47(40)33(4)69-8)29-54(5,6)31-70-53(68)43-13-11-22-62(58-43)52(67)44(26-34-24-37(35)27-39(63)25-34)57-50(65)48(32(2)3)59(7)51(66)36-19-23-60(30-36)46(64)17-15-38-18-21-55-38/h10,12,14,16,20,24-25,27-28,32-33,36,38,43-44,48,55,58,63H,9,11,13,18-19,21-23,26,29-31H2,1-8H3,(H,57,65)/t33-,36-,38+,43-,44-,48?/m0/s1. The molecule has 0 spiro atoms. The second kappa shape index (κ2) is 21.0. The summed E-state index contributed by atoms with van der Waals surface area (Å²) in [5, 5.41) is 19.9. The number of phenols is 1. The van der Waals surface area contributed by atoms with Crippen LogP contribution in [-0.2, 0) is 52.8 Å². The molecule has 4 aromatic rings. The van der Waals surface area contributed by atoms with Crippen LogP contribution in [0.25, 0.3) is 33.3 Å². The molecule has 16 nitrogen and oxygen atoms in total. The maximum atomic E-state index is 14.8. The summed E-state index contributed by atoms with van der Waals surface area (Å²) in [5.41, 5.74) is 9.53. The van der Waals surface area contributed by atoms with E-state index in [1.165, 1.54) is 9.91 Å². The average molecular weight is 957 g/mol. The number of aryl methyl sites for hydroxylation is 1. The zero-order valence-corrected chi connectivity index (χ0v) is 41.8. The third-order valence-electron chi connectivity index (χ3n) is 14.3. The van der Waals surface area contributed by atoms with E-state index in [1.807, 2.05) is 39.0 Å². The van der Waals surface area contributed by atoms with Crippen LogP contribution in [0.1, 0.15) is 90.2 Å². The number of likely N-dealkylation sites (N-methyl/N-ethyl adjacent to an activating group) is 1. The molecule has 6 heterocycles. The SMILES string of the molecule is CCn1c(-c2cccnc2[C@H](C)OC)c2c3cc(ccc31)-c1cc(O)cc(c1)C[C@H](NC(=O)C(C(C)C)N(C)C(=O)[C@H]1CCN(C(=O)C#C[C@@H]3CCN3)C1)C(=O)N1CCC[C@H](N1)C(=O)OCC(C)(C)C2. The highest BCUT2D eigenvalue weighted by molar-refractivity contribution is 5.97. The van der Waals surface area contributed by atoms with Gasteiger partial charge in [-0.3, -0.25) is 34.0 Å². The van der Waals surface area contributed by atoms with Crippen molar-refractivity contribution in [2.75, 3.05) is 46.9 Å². The topological polar surface area (TPSA) is 188 Å². The van der Waals surface area contributed by atoms with Crippen molar-refractivity contribution in [3.8, 4) is 40.0 Å². The zero-order valence-electron chi connectivity index (χ0n) is 41.8. The van der Waals surface area contributed by atoms with Gasteiger partial charge in [0, 0.05) is 74.8 Å². The molecule has 4 aliphatic rings. The van der Waals surface area contributed by atoms with Gasteiger partial charge in [-0.15, -0.1) is 0 Å². The van der Waals surface area contributed by atoms with Crippen molar-refractivity contribution in [1.29, 1.82) is 0 Å². The highest BCUT2D eigenvalue weighted by atomic mass is 16.5. The fourth-order valence-corrected chi connectivity index (χ4v) is 10.5. The summed E-state index contributed by atoms with van der Waals surface area (Å²) < 4.78 is 14.2. The largest absolute Gasteiger partial charge is 0.508 e. The van der Waals surface area contributed by atoms with Crippen LogP contribution in [-0.4, -0.2) is 130 Å². The molecule has 4 N–H and O–H groups in total. The van der Waals surface area contributed by atoms with Crippen molar-refractivity contribution in [3.05, 3.63) is 71.5 Å². The number of methoxy groups -OCH3 is 1. The average Bonchev–Trinajstić information content (AvgIpc) is 3.94. The van der Waals surface area contributed by atoms with Crippen LogP contribution in [0.15, 0.2) is 54.7 Å². The van der Waals surface area contributed by atoms with Crippen molar-refractivity contribution < 1.29 is 38.6 Å². The Hall–Kier alpha value is -6.28. The van der Waals surface area contributed by atoms with Crippen molar-refractivity contribution in [2.45, 2.75) is 117 Å². The number of carbonyl (C=O) groups excluding carboxylic acids is 5. The molecule has 0 aliphatic carbocycles. The number of nitrogens with one attached hydrogen (secondary N) is 3. The van der Waals surface area contributed by atoms with Gasteiger partial charge in [-0.1, -0.05) is 45.7 Å². The number of ether oxygens (including phenoxy) is 2. The number of likely N-dealkylation sites (tertiary alicyclic amines) is 1. The third kappa shape index (κ3) is 10.6. The first-order valence-electron chi connectivity index (χ1n) is 24.8. The van der Waals surface area contributed by atoms with Crippen LogP contribution in [0.3, 0.4) is 0 Å². The predicted molar refractivity (Wildman–Crippen MR) is 266 cm³/mol. The number of pyridine rings is 1. The van der Waals surface area contributed by atoms with Crippen molar-refractivity contribution in [3.63, 3.8) is 0 Å². The number of nitrogens with zero attached hydrogens (tertiary/aromatic N) is 5. The molecule has 0 saturated carbocycles. The Balaban J connectivity index is 1.15. The minimum Gasteiger partial charge on any atom is -0.508 e. The Kier molecular flexibility index (Phi) is 15.0. The van der Waals surface area contributed by atoms with Gasteiger partial charge in [0.25, 0.3) is 11.8 Å². The Morgan fingerprint density at radius 1 is 1.06 bits per heavy atom. The highest BCUT2D eigenvalue weighted by Crippen LogP contribution is 2.42. The Morgan fingerprint density at radius 3 is 2.56 bits per heavy atom. The summed E-state index contributed by atoms with van der Waals surface area (Å²) in [6, 6.07) is 12.5. The van der Waals surface area contributed by atoms with Gasteiger partial charge in [-0.25, -0.2) is 5.43 Å². The van der Waals surface area contributed by atoms with E-state index in [1.54, 1.807) is 37.4 Å². The van der Waals surface area contributed by atoms with Crippen LogP contribution >= 0.6 is 0 Å². The van der Waals surface area contributed by atoms with E-state index in [-0.39, 0.29) is 61.7 Å². The Morgan fingerprint density at radius 2 is 1.84 bits per heavy atom. The number of cyclic esters (lactones) is 1. The van der Waals surface area contributed by atoms with Gasteiger partial charge < -0.3 is 39.6 Å². The number of esters is 1. The number of aromatic hydroxyl groups is 1. The number of fused-ring (bicyclic) bond motifs is 6. The summed E-state index contributed by atoms with van der Waals surface area (Å²) in [4.78, 5) is 78.2. The molecular formula is C54H68N8O8. The number of phenolic OH excluding ortho intramolecular Hbond substituents is 1. The summed E-state index contributed by atoms with van der Waals surface area (Å²) >= 11 is 0. The molecule has 3 fully saturated rings. The Labute approximate surface area is 410 Å². The second-order valence-electron chi connectivity index (χ2n) is 20.5. The van der Waals surface area contributed by atoms with Crippen LogP contribution < -0.4 is 16.1 Å². The second-order valence-corrected chi connectivity index (χ2v) is 20.5. The lowest BCUT2D eigenvalue weighted by molar-refractivity contribution is -0.155. The van der Waals surface area contributed by atoms with Crippen LogP contribution in [0.2, 0.25) is 0 Å². The first-order valence-corrected chi connectivity index (χ1v) is 24.8. The number of benzene rings is 2. The number of carbonyl (C=O) groups is 5. The van der Waals surface area contributed by atoms with E-state index < -0.39 is 47.2 Å². The van der Waals surface area contributed by atoms with E-state index in [9.17, 15) is 29.1 Å². The number of hydrazine groups is 1. The smallest absolute Gasteiger partial charge is 0.324 e. The van der Waals surface area contributed by atoms with Crippen LogP contribution in [0.5, 0.6) is 5.75 Å². The van der Waals surface area contributed by atoms with Crippen molar-refractivity contribution in [2.24, 2.45) is 17.3 Å². The van der Waals surface area contributed by atoms with Crippen LogP contribution in [0, 0.1) is 29.1 Å². The van der Waals surface area contributed by atoms with Gasteiger partial charge in [0.05, 0.1) is 36.1 Å². The molecule has 2 aromatic carbocycles. The van der Waals surface area contributed by atoms with E-state index in [2.05, 4.69) is 71.4 Å². The normalized spacial score (nSPS) is 22.3. The molecule has 6 atom stereocenters. The minimum atomic E-state index is -1.17. The van der Waals surface area contributed by atoms with E-state index in [4.69, 9.17) is 14.5 Å². The molecule has 8 rings (SSSR count). The minimum absolute atomic E-state index is 0.0109. The van der Waals surface area contributed by atoms with Gasteiger partial charge in [-0.2, -0.15) is 0 Å². The number of hydrogen-bond donors (Lipinski definition) is 4. The van der Waals surface area contributed by atoms with Gasteiger partial charge >= 0.3 is 5.97 Å². The molecule has 6 bridgehead atoms. The fraction of sp³-hybridized carbons (Fsp3) is 0.519. The quantitative estimate of drug-likeness (QED) is 0.129. The number of amides is 4. The highest BCUT2D eigenvalue weighted by Gasteiger charge is 2.40. The maximum absolute atomic E-state index is 14.8. The van der Waals surface area contributed by atoms with E-state index >= 15 is 0 Å². The lowest BCUT2D eigenvalue weighted by Gasteiger charge is -2.37. The molecule has 70 heavy (non-hydrogen) atoms. The van der Waals surface area contributed by atoms with Crippen molar-refractivity contribution in [1.82, 2.24) is 40.4 Å². The van der Waals surface area contributed by atoms with E-state index in [0.29, 0.717) is 49.9 Å². The zero-order chi connectivity index (χ0) is 50.0. The molecule has 3 saturated heterocycles. The number of hydrogen-bond acceptors (Lipinski definition) is 11. The van der Waals surface area contributed by atoms with Gasteiger partial charge in [0.15, 0.2) is 0 Å². The number of aromatic nitrogens is 2. The lowest BCUT2D eigenvalue weighted by Crippen LogP contribution is -2.62. The third-order valence-corrected chi connectivity index (χ3v) is 14.3. The molecule has 4 aliphatic heterocycles. The van der Waals surface area contributed by atoms with E-state index in [0.717, 1.165) is 51.9 Å². The summed E-state index contributed by atoms with van der Waals surface area (Å²) in [7, 11) is 3.26. The maximum Gasteiger partial charge on any atom is 0.324 e. The first kappa shape index (κ1) is 50.1. The molecule has 0 radical (unpaired) electrons. The summed E-state index contributed by atoms with van der Waals surface area (Å²) in [6.45, 7) is 14.4.